The van der Waals surface area contributed by atoms with E-state index < -0.39 is 36.2 Å². The molecule has 12 heteroatoms. The van der Waals surface area contributed by atoms with Crippen LogP contribution in [0.1, 0.15) is 11.1 Å². The number of hydrogen-bond donors (Lipinski definition) is 2. The molecular weight excluding hydrogens is 507 g/mol. The lowest BCUT2D eigenvalue weighted by Gasteiger charge is -2.11. The second-order valence-electron chi connectivity index (χ2n) is 6.93. The minimum Gasteiger partial charge on any atom is -0.480 e. The van der Waals surface area contributed by atoms with E-state index in [1.807, 2.05) is 0 Å². The fourth-order valence-electron chi connectivity index (χ4n) is 2.92. The van der Waals surface area contributed by atoms with E-state index in [-0.39, 0.29) is 33.8 Å². The van der Waals surface area contributed by atoms with Gasteiger partial charge in [0.2, 0.25) is 0 Å². The summed E-state index contributed by atoms with van der Waals surface area (Å²) in [5, 5.41) is 8.89. The van der Waals surface area contributed by atoms with E-state index in [0.29, 0.717) is 11.3 Å². The van der Waals surface area contributed by atoms with Crippen LogP contribution >= 0.6 is 36.4 Å². The van der Waals surface area contributed by atoms with Crippen LogP contribution in [0.25, 0.3) is 6.08 Å². The standard InChI is InChI=1S/C22H19FN2O6S2.ClH/c1-30-21(29)16(24)9-12-2-5-14(6-3-12)31-17-7-4-13(8-15(17)23)10-18-20(28)25(11-19(26)27)22(32)33-18;/h2-8,10,16H,9,11,24H2,1H3,(H,26,27);1H/b18-10-;/t16-;/m0./s1. The summed E-state index contributed by atoms with van der Waals surface area (Å²) in [6.45, 7) is -0.531. The van der Waals surface area contributed by atoms with Crippen LogP contribution in [0, 0.1) is 5.82 Å². The number of esters is 1. The number of thiocarbonyl (C=S) groups is 1. The van der Waals surface area contributed by atoms with E-state index in [4.69, 9.17) is 27.8 Å². The molecule has 2 aromatic rings. The van der Waals surface area contributed by atoms with Crippen molar-refractivity contribution >= 4 is 64.6 Å². The van der Waals surface area contributed by atoms with Gasteiger partial charge in [0.1, 0.15) is 22.7 Å². The molecule has 1 atom stereocenters. The first-order chi connectivity index (χ1) is 15.7. The van der Waals surface area contributed by atoms with Crippen molar-refractivity contribution < 1.29 is 33.4 Å². The van der Waals surface area contributed by atoms with Gasteiger partial charge in [-0.1, -0.05) is 42.2 Å². The van der Waals surface area contributed by atoms with Gasteiger partial charge in [-0.25, -0.2) is 4.39 Å². The number of thioether (sulfide) groups is 1. The van der Waals surface area contributed by atoms with Crippen LogP contribution in [0.4, 0.5) is 4.39 Å². The molecule has 0 bridgehead atoms. The molecule has 1 aliphatic heterocycles. The van der Waals surface area contributed by atoms with Gasteiger partial charge in [0.15, 0.2) is 11.6 Å². The highest BCUT2D eigenvalue weighted by Crippen LogP contribution is 2.33. The molecule has 8 nitrogen and oxygen atoms in total. The SMILES string of the molecule is COC(=O)[C@@H](N)Cc1ccc(Oc2ccc(/C=C3\SC(=S)N(CC(=O)O)C3=O)cc2F)cc1.Cl. The second kappa shape index (κ2) is 11.9. The van der Waals surface area contributed by atoms with Crippen LogP contribution < -0.4 is 10.5 Å². The van der Waals surface area contributed by atoms with Gasteiger partial charge in [-0.3, -0.25) is 19.3 Å². The zero-order valence-electron chi connectivity index (χ0n) is 17.7. The first kappa shape index (κ1) is 27.3. The number of hydrogen-bond acceptors (Lipinski definition) is 8. The van der Waals surface area contributed by atoms with E-state index in [1.54, 1.807) is 30.3 Å². The molecule has 1 aliphatic rings. The van der Waals surface area contributed by atoms with Crippen LogP contribution in [-0.4, -0.2) is 51.9 Å². The Morgan fingerprint density at radius 2 is 1.94 bits per heavy atom. The molecule has 1 amide bonds. The van der Waals surface area contributed by atoms with Gasteiger partial charge in [0, 0.05) is 0 Å². The molecule has 1 heterocycles. The van der Waals surface area contributed by atoms with E-state index in [9.17, 15) is 18.8 Å². The number of aliphatic carboxylic acids is 1. The summed E-state index contributed by atoms with van der Waals surface area (Å²) in [7, 11) is 1.27. The van der Waals surface area contributed by atoms with Crippen LogP contribution in [0.3, 0.4) is 0 Å². The number of ether oxygens (including phenoxy) is 2. The quantitative estimate of drug-likeness (QED) is 0.303. The Labute approximate surface area is 210 Å². The molecule has 180 valence electrons. The van der Waals surface area contributed by atoms with Gasteiger partial charge < -0.3 is 20.3 Å². The van der Waals surface area contributed by atoms with Crippen molar-refractivity contribution in [3.63, 3.8) is 0 Å². The summed E-state index contributed by atoms with van der Waals surface area (Å²) in [4.78, 5) is 35.8. The zero-order chi connectivity index (χ0) is 24.1. The van der Waals surface area contributed by atoms with Crippen LogP contribution in [0.5, 0.6) is 11.5 Å². The van der Waals surface area contributed by atoms with E-state index in [0.717, 1.165) is 22.2 Å². The van der Waals surface area contributed by atoms with Crippen molar-refractivity contribution in [2.24, 2.45) is 5.73 Å². The number of carboxylic acid groups (broad SMARTS) is 1. The van der Waals surface area contributed by atoms with Crippen molar-refractivity contribution in [2.75, 3.05) is 13.7 Å². The number of nitrogens with two attached hydrogens (primary N) is 1. The molecule has 1 fully saturated rings. The highest BCUT2D eigenvalue weighted by atomic mass is 35.5. The molecule has 0 unspecified atom stereocenters. The highest BCUT2D eigenvalue weighted by molar-refractivity contribution is 8.26. The third-order valence-corrected chi connectivity index (χ3v) is 5.91. The Morgan fingerprint density at radius 3 is 2.53 bits per heavy atom. The number of benzene rings is 2. The third-order valence-electron chi connectivity index (χ3n) is 4.53. The third kappa shape index (κ3) is 6.76. The number of amides is 1. The van der Waals surface area contributed by atoms with Crippen molar-refractivity contribution in [2.45, 2.75) is 12.5 Å². The Bertz CT molecular complexity index is 1140. The topological polar surface area (TPSA) is 119 Å². The predicted molar refractivity (Wildman–Crippen MR) is 131 cm³/mol. The Kier molecular flexibility index (Phi) is 9.56. The predicted octanol–water partition coefficient (Wildman–Crippen LogP) is 3.37. The molecule has 1 saturated heterocycles. The summed E-state index contributed by atoms with van der Waals surface area (Å²) in [5.41, 5.74) is 6.92. The number of carboxylic acids is 1. The van der Waals surface area contributed by atoms with Gasteiger partial charge in [-0.05, 0) is 47.9 Å². The van der Waals surface area contributed by atoms with Crippen molar-refractivity contribution in [1.82, 2.24) is 4.90 Å². The number of rotatable bonds is 8. The van der Waals surface area contributed by atoms with Gasteiger partial charge >= 0.3 is 11.9 Å². The summed E-state index contributed by atoms with van der Waals surface area (Å²) in [5.74, 6) is -2.53. The van der Waals surface area contributed by atoms with Crippen molar-refractivity contribution in [1.29, 1.82) is 0 Å². The number of halogens is 2. The minimum atomic E-state index is -1.18. The Morgan fingerprint density at radius 1 is 1.26 bits per heavy atom. The normalized spacial score (nSPS) is 15.1. The summed E-state index contributed by atoms with van der Waals surface area (Å²) in [6.07, 6.45) is 1.72. The average molecular weight is 527 g/mol. The smallest absolute Gasteiger partial charge is 0.323 e. The molecule has 0 spiro atoms. The summed E-state index contributed by atoms with van der Waals surface area (Å²) in [6, 6.07) is 10.1. The molecule has 0 aromatic heterocycles. The van der Waals surface area contributed by atoms with E-state index in [2.05, 4.69) is 4.74 Å². The number of nitrogens with zero attached hydrogens (tertiary/aromatic N) is 1. The lowest BCUT2D eigenvalue weighted by atomic mass is 10.1. The summed E-state index contributed by atoms with van der Waals surface area (Å²) < 4.78 is 24.9. The molecule has 0 saturated carbocycles. The zero-order valence-corrected chi connectivity index (χ0v) is 20.2. The summed E-state index contributed by atoms with van der Waals surface area (Å²) >= 11 is 5.99. The van der Waals surface area contributed by atoms with Gasteiger partial charge in [-0.2, -0.15) is 0 Å². The van der Waals surface area contributed by atoms with Gasteiger partial charge in [-0.15, -0.1) is 12.4 Å². The monoisotopic (exact) mass is 526 g/mol. The number of carbonyl (C=O) groups excluding carboxylic acids is 2. The largest absolute Gasteiger partial charge is 0.480 e. The molecule has 0 radical (unpaired) electrons. The maximum Gasteiger partial charge on any atom is 0.323 e. The number of methoxy groups -OCH3 is 1. The minimum absolute atomic E-state index is 0. The van der Waals surface area contributed by atoms with E-state index in [1.165, 1.54) is 25.3 Å². The molecule has 34 heavy (non-hydrogen) atoms. The first-order valence-electron chi connectivity index (χ1n) is 9.55. The lowest BCUT2D eigenvalue weighted by molar-refractivity contribution is -0.142. The van der Waals surface area contributed by atoms with Gasteiger partial charge in [0.25, 0.3) is 5.91 Å². The van der Waals surface area contributed by atoms with Crippen molar-refractivity contribution in [3.05, 3.63) is 64.3 Å². The van der Waals surface area contributed by atoms with Crippen LogP contribution in [0.2, 0.25) is 0 Å². The molecular formula is C22H20ClFN2O6S2. The fraction of sp³-hybridized carbons (Fsp3) is 0.182. The highest BCUT2D eigenvalue weighted by Gasteiger charge is 2.33. The average Bonchev–Trinajstić information content (AvgIpc) is 3.03. The lowest BCUT2D eigenvalue weighted by Crippen LogP contribution is -2.33. The number of carbonyl (C=O) groups is 3. The fourth-order valence-corrected chi connectivity index (χ4v) is 4.18. The first-order valence-corrected chi connectivity index (χ1v) is 10.8. The Balaban J connectivity index is 0.00000408. The van der Waals surface area contributed by atoms with Crippen molar-refractivity contribution in [3.8, 4) is 11.5 Å². The van der Waals surface area contributed by atoms with Crippen LogP contribution in [0.15, 0.2) is 47.4 Å². The molecule has 2 aromatic carbocycles. The molecule has 0 aliphatic carbocycles. The molecule has 3 rings (SSSR count). The molecule has 3 N–H and O–H groups in total. The second-order valence-corrected chi connectivity index (χ2v) is 8.61. The maximum atomic E-state index is 14.6. The van der Waals surface area contributed by atoms with E-state index >= 15 is 0 Å². The van der Waals surface area contributed by atoms with Crippen LogP contribution in [-0.2, 0) is 25.5 Å². The van der Waals surface area contributed by atoms with Gasteiger partial charge in [0.05, 0.1) is 12.0 Å². The maximum absolute atomic E-state index is 14.6. The Hall–Kier alpha value is -2.99.